The zero-order chi connectivity index (χ0) is 13.0. The number of aliphatic carboxylic acids is 1. The van der Waals surface area contributed by atoms with E-state index in [1.165, 1.54) is 0 Å². The fourth-order valence-electron chi connectivity index (χ4n) is 1.08. The summed E-state index contributed by atoms with van der Waals surface area (Å²) in [4.78, 5) is 21.3. The monoisotopic (exact) mass is 247 g/mol. The number of hydrogen-bond donors (Lipinski definition) is 2. The minimum Gasteiger partial charge on any atom is -0.481 e. The normalized spacial score (nSPS) is 10.1. The van der Waals surface area contributed by atoms with Crippen LogP contribution in [0.1, 0.15) is 12.8 Å². The molecule has 1 rings (SSSR count). The molecule has 0 aromatic heterocycles. The number of halogens is 3. The van der Waals surface area contributed by atoms with E-state index in [1.54, 1.807) is 0 Å². The van der Waals surface area contributed by atoms with Gasteiger partial charge in [0.2, 0.25) is 5.91 Å². The van der Waals surface area contributed by atoms with Crippen molar-refractivity contribution < 1.29 is 27.9 Å². The second-order valence-corrected chi connectivity index (χ2v) is 3.19. The Morgan fingerprint density at radius 2 is 1.82 bits per heavy atom. The van der Waals surface area contributed by atoms with Crippen LogP contribution in [0.4, 0.5) is 18.9 Å². The summed E-state index contributed by atoms with van der Waals surface area (Å²) >= 11 is 0. The lowest BCUT2D eigenvalue weighted by atomic mass is 10.2. The molecule has 1 aromatic carbocycles. The third kappa shape index (κ3) is 3.78. The van der Waals surface area contributed by atoms with Crippen LogP contribution < -0.4 is 5.32 Å². The van der Waals surface area contributed by atoms with Gasteiger partial charge in [0.15, 0.2) is 11.6 Å². The lowest BCUT2D eigenvalue weighted by Crippen LogP contribution is -2.14. The number of rotatable bonds is 4. The quantitative estimate of drug-likeness (QED) is 0.798. The minimum atomic E-state index is -1.43. The molecule has 0 saturated carbocycles. The van der Waals surface area contributed by atoms with Crippen molar-refractivity contribution in [2.75, 3.05) is 5.32 Å². The van der Waals surface area contributed by atoms with Gasteiger partial charge in [-0.1, -0.05) is 0 Å². The summed E-state index contributed by atoms with van der Waals surface area (Å²) < 4.78 is 38.5. The van der Waals surface area contributed by atoms with Gasteiger partial charge >= 0.3 is 5.97 Å². The van der Waals surface area contributed by atoms with Crippen molar-refractivity contribution in [2.24, 2.45) is 0 Å². The Morgan fingerprint density at radius 3 is 2.41 bits per heavy atom. The van der Waals surface area contributed by atoms with Gasteiger partial charge in [-0.15, -0.1) is 0 Å². The molecule has 0 heterocycles. The fraction of sp³-hybridized carbons (Fsp3) is 0.200. The number of carboxylic acids is 1. The van der Waals surface area contributed by atoms with Crippen molar-refractivity contribution in [2.45, 2.75) is 12.8 Å². The smallest absolute Gasteiger partial charge is 0.303 e. The number of carbonyl (C=O) groups excluding carboxylic acids is 1. The zero-order valence-corrected chi connectivity index (χ0v) is 8.47. The highest BCUT2D eigenvalue weighted by atomic mass is 19.2. The Kier molecular flexibility index (Phi) is 4.08. The van der Waals surface area contributed by atoms with Crippen LogP contribution in [0, 0.1) is 17.5 Å². The topological polar surface area (TPSA) is 66.4 Å². The highest BCUT2D eigenvalue weighted by Gasteiger charge is 2.14. The average molecular weight is 247 g/mol. The van der Waals surface area contributed by atoms with Gasteiger partial charge in [0.25, 0.3) is 0 Å². The SMILES string of the molecule is O=C(O)CCC(=O)Nc1cc(F)cc(F)c1F. The average Bonchev–Trinajstić information content (AvgIpc) is 2.22. The first-order valence-corrected chi connectivity index (χ1v) is 4.56. The van der Waals surface area contributed by atoms with Gasteiger partial charge in [-0.25, -0.2) is 13.2 Å². The van der Waals surface area contributed by atoms with Gasteiger partial charge in [-0.3, -0.25) is 9.59 Å². The summed E-state index contributed by atoms with van der Waals surface area (Å²) in [5.41, 5.74) is -0.655. The summed E-state index contributed by atoms with van der Waals surface area (Å²) in [5, 5.41) is 10.2. The molecular formula is C10H8F3NO3. The van der Waals surface area contributed by atoms with E-state index in [9.17, 15) is 22.8 Å². The van der Waals surface area contributed by atoms with E-state index in [0.29, 0.717) is 12.1 Å². The molecule has 0 aliphatic heterocycles. The molecule has 92 valence electrons. The van der Waals surface area contributed by atoms with Crippen molar-refractivity contribution in [3.05, 3.63) is 29.6 Å². The predicted molar refractivity (Wildman–Crippen MR) is 51.8 cm³/mol. The second kappa shape index (κ2) is 5.33. The lowest BCUT2D eigenvalue weighted by Gasteiger charge is -2.06. The molecule has 1 aromatic rings. The first-order valence-electron chi connectivity index (χ1n) is 4.56. The van der Waals surface area contributed by atoms with E-state index in [-0.39, 0.29) is 0 Å². The first-order chi connectivity index (χ1) is 7.90. The Balaban J connectivity index is 2.74. The van der Waals surface area contributed by atoms with E-state index in [0.717, 1.165) is 0 Å². The van der Waals surface area contributed by atoms with Crippen molar-refractivity contribution >= 4 is 17.6 Å². The molecule has 2 N–H and O–H groups in total. The molecule has 0 atom stereocenters. The van der Waals surface area contributed by atoms with Gasteiger partial charge < -0.3 is 10.4 Å². The number of carbonyl (C=O) groups is 2. The molecule has 1 amide bonds. The van der Waals surface area contributed by atoms with E-state index in [1.807, 2.05) is 5.32 Å². The molecule has 0 aliphatic carbocycles. The van der Waals surface area contributed by atoms with Crippen molar-refractivity contribution in [3.8, 4) is 0 Å². The molecule has 0 aliphatic rings. The predicted octanol–water partition coefficient (Wildman–Crippen LogP) is 1.91. The molecule has 4 nitrogen and oxygen atoms in total. The number of anilines is 1. The number of hydrogen-bond acceptors (Lipinski definition) is 2. The van der Waals surface area contributed by atoms with Crippen LogP contribution in [0.5, 0.6) is 0 Å². The van der Waals surface area contributed by atoms with Crippen LogP contribution in [0.2, 0.25) is 0 Å². The van der Waals surface area contributed by atoms with Crippen molar-refractivity contribution in [1.82, 2.24) is 0 Å². The molecule has 0 fully saturated rings. The Morgan fingerprint density at radius 1 is 1.18 bits per heavy atom. The Bertz CT molecular complexity index is 462. The summed E-state index contributed by atoms with van der Waals surface area (Å²) in [6.45, 7) is 0. The van der Waals surface area contributed by atoms with Gasteiger partial charge in [0.1, 0.15) is 5.82 Å². The van der Waals surface area contributed by atoms with Gasteiger partial charge in [-0.2, -0.15) is 0 Å². The van der Waals surface area contributed by atoms with Crippen LogP contribution in [-0.2, 0) is 9.59 Å². The van der Waals surface area contributed by atoms with Crippen LogP contribution in [0.15, 0.2) is 12.1 Å². The standard InChI is InChI=1S/C10H8F3NO3/c11-5-3-6(12)10(13)7(4-5)14-8(15)1-2-9(16)17/h3-4H,1-2H2,(H,14,15)(H,16,17). The fourth-order valence-corrected chi connectivity index (χ4v) is 1.08. The molecule has 0 radical (unpaired) electrons. The lowest BCUT2D eigenvalue weighted by molar-refractivity contribution is -0.138. The summed E-state index contributed by atoms with van der Waals surface area (Å²) in [7, 11) is 0. The summed E-state index contributed by atoms with van der Waals surface area (Å²) in [6.07, 6.45) is -0.863. The molecule has 0 saturated heterocycles. The van der Waals surface area contributed by atoms with Gasteiger partial charge in [-0.05, 0) is 0 Å². The third-order valence-electron chi connectivity index (χ3n) is 1.83. The zero-order valence-electron chi connectivity index (χ0n) is 8.47. The maximum atomic E-state index is 13.1. The molecule has 17 heavy (non-hydrogen) atoms. The van der Waals surface area contributed by atoms with E-state index < -0.39 is 47.9 Å². The Labute approximate surface area is 94.1 Å². The maximum absolute atomic E-state index is 13.1. The molecule has 0 spiro atoms. The summed E-state index contributed by atoms with van der Waals surface area (Å²) in [5.74, 6) is -5.91. The molecule has 7 heteroatoms. The van der Waals surface area contributed by atoms with Crippen molar-refractivity contribution in [3.63, 3.8) is 0 Å². The van der Waals surface area contributed by atoms with E-state index in [2.05, 4.69) is 0 Å². The first kappa shape index (κ1) is 13.0. The van der Waals surface area contributed by atoms with Gasteiger partial charge in [0, 0.05) is 18.6 Å². The number of amides is 1. The molecular weight excluding hydrogens is 239 g/mol. The van der Waals surface area contributed by atoms with Crippen LogP contribution in [-0.4, -0.2) is 17.0 Å². The van der Waals surface area contributed by atoms with Gasteiger partial charge in [0.05, 0.1) is 12.1 Å². The largest absolute Gasteiger partial charge is 0.481 e. The second-order valence-electron chi connectivity index (χ2n) is 3.19. The van der Waals surface area contributed by atoms with E-state index >= 15 is 0 Å². The molecule has 0 bridgehead atoms. The molecule has 0 unspecified atom stereocenters. The number of nitrogens with one attached hydrogen (secondary N) is 1. The van der Waals surface area contributed by atoms with Crippen molar-refractivity contribution in [1.29, 1.82) is 0 Å². The minimum absolute atomic E-state index is 0.336. The highest BCUT2D eigenvalue weighted by Crippen LogP contribution is 2.19. The Hall–Kier alpha value is -2.05. The number of carboxylic acid groups (broad SMARTS) is 1. The van der Waals surface area contributed by atoms with E-state index in [4.69, 9.17) is 5.11 Å². The third-order valence-corrected chi connectivity index (χ3v) is 1.83. The highest BCUT2D eigenvalue weighted by molar-refractivity contribution is 5.92. The summed E-state index contributed by atoms with van der Waals surface area (Å²) in [6, 6.07) is 0.944. The van der Waals surface area contributed by atoms with Crippen LogP contribution in [0.25, 0.3) is 0 Å². The van der Waals surface area contributed by atoms with Crippen LogP contribution >= 0.6 is 0 Å². The number of benzene rings is 1. The van der Waals surface area contributed by atoms with Crippen LogP contribution in [0.3, 0.4) is 0 Å². The maximum Gasteiger partial charge on any atom is 0.303 e.